The first-order valence-corrected chi connectivity index (χ1v) is 9.53. The van der Waals surface area contributed by atoms with Gasteiger partial charge < -0.3 is 15.0 Å². The van der Waals surface area contributed by atoms with Crippen molar-refractivity contribution in [1.29, 1.82) is 0 Å². The molecule has 138 valence electrons. The monoisotopic (exact) mass is 382 g/mol. The van der Waals surface area contributed by atoms with Crippen molar-refractivity contribution >= 4 is 28.3 Å². The predicted octanol–water partition coefficient (Wildman–Crippen LogP) is 2.53. The third kappa shape index (κ3) is 3.56. The van der Waals surface area contributed by atoms with Gasteiger partial charge in [-0.05, 0) is 30.3 Å². The van der Waals surface area contributed by atoms with Crippen LogP contribution in [0.1, 0.15) is 10.5 Å². The molecule has 7 nitrogen and oxygen atoms in total. The van der Waals surface area contributed by atoms with Gasteiger partial charge in [0.25, 0.3) is 5.91 Å². The van der Waals surface area contributed by atoms with Crippen molar-refractivity contribution in [2.24, 2.45) is 0 Å². The summed E-state index contributed by atoms with van der Waals surface area (Å²) in [6, 6.07) is 12.4. The second-order valence-electron chi connectivity index (χ2n) is 6.08. The Kier molecular flexibility index (Phi) is 4.64. The number of anilines is 2. The number of rotatable bonds is 4. The van der Waals surface area contributed by atoms with Crippen LogP contribution < -0.4 is 15.0 Å². The fourth-order valence-corrected chi connectivity index (χ4v) is 3.83. The van der Waals surface area contributed by atoms with Crippen LogP contribution >= 0.6 is 0 Å². The second kappa shape index (κ2) is 7.24. The number of nitrogens with zero attached hydrogens (tertiary/aromatic N) is 3. The van der Waals surface area contributed by atoms with Crippen molar-refractivity contribution < 1.29 is 13.7 Å². The van der Waals surface area contributed by atoms with Crippen LogP contribution in [0, 0.1) is 0 Å². The number of hydrogen-bond acceptors (Lipinski definition) is 5. The van der Waals surface area contributed by atoms with Gasteiger partial charge in [0.15, 0.2) is 11.0 Å². The summed E-state index contributed by atoms with van der Waals surface area (Å²) >= 11 is 0. The normalized spacial score (nSPS) is 14.2. The number of aromatic nitrogens is 2. The van der Waals surface area contributed by atoms with Gasteiger partial charge in [-0.3, -0.25) is 13.8 Å². The summed E-state index contributed by atoms with van der Waals surface area (Å²) < 4.78 is 20.1. The molecule has 1 unspecified atom stereocenters. The van der Waals surface area contributed by atoms with Crippen LogP contribution in [0.3, 0.4) is 0 Å². The molecule has 1 atom stereocenters. The average molecular weight is 382 g/mol. The Bertz CT molecular complexity index is 1000. The number of likely N-dealkylation sites (N-methyl/N-ethyl adjacent to an activating group) is 1. The predicted molar refractivity (Wildman–Crippen MR) is 104 cm³/mol. The van der Waals surface area contributed by atoms with Crippen LogP contribution in [0.5, 0.6) is 5.75 Å². The zero-order chi connectivity index (χ0) is 18.8. The first kappa shape index (κ1) is 17.3. The number of benzene rings is 1. The van der Waals surface area contributed by atoms with Gasteiger partial charge >= 0.3 is 0 Å². The Hall–Kier alpha value is -3.13. The molecule has 2 aromatic heterocycles. The van der Waals surface area contributed by atoms with Gasteiger partial charge in [0, 0.05) is 31.7 Å². The Morgan fingerprint density at radius 1 is 1.26 bits per heavy atom. The van der Waals surface area contributed by atoms with Crippen molar-refractivity contribution in [1.82, 2.24) is 8.96 Å². The molecule has 1 aliphatic heterocycles. The summed E-state index contributed by atoms with van der Waals surface area (Å²) in [7, 11) is 0.557. The SMILES string of the molecule is CN1CCOc2cc(S(=O)n3ccc(NC(=O)c4ccccn4)c3)ccc21. The number of nitrogens with one attached hydrogen (secondary N) is 1. The van der Waals surface area contributed by atoms with Crippen LogP contribution in [-0.4, -0.2) is 39.3 Å². The van der Waals surface area contributed by atoms with Crippen LogP contribution in [0.2, 0.25) is 0 Å². The molecule has 0 aliphatic carbocycles. The van der Waals surface area contributed by atoms with Crippen molar-refractivity contribution in [3.05, 3.63) is 66.7 Å². The lowest BCUT2D eigenvalue weighted by Gasteiger charge is -2.27. The van der Waals surface area contributed by atoms with Gasteiger partial charge in [-0.1, -0.05) is 6.07 Å². The summed E-state index contributed by atoms with van der Waals surface area (Å²) in [5, 5.41) is 2.75. The molecule has 0 fully saturated rings. The van der Waals surface area contributed by atoms with E-state index in [9.17, 15) is 9.00 Å². The van der Waals surface area contributed by atoms with Gasteiger partial charge in [-0.25, -0.2) is 4.21 Å². The molecule has 0 spiro atoms. The van der Waals surface area contributed by atoms with E-state index in [4.69, 9.17) is 4.74 Å². The van der Waals surface area contributed by atoms with Crippen molar-refractivity contribution in [2.45, 2.75) is 4.90 Å². The lowest BCUT2D eigenvalue weighted by molar-refractivity contribution is 0.102. The van der Waals surface area contributed by atoms with E-state index in [-0.39, 0.29) is 5.91 Å². The van der Waals surface area contributed by atoms with E-state index in [1.807, 2.05) is 19.2 Å². The van der Waals surface area contributed by atoms with Crippen molar-refractivity contribution in [3.63, 3.8) is 0 Å². The molecule has 0 bridgehead atoms. The van der Waals surface area contributed by atoms with E-state index in [1.54, 1.807) is 52.9 Å². The molecule has 3 aromatic rings. The molecule has 0 saturated heterocycles. The quantitative estimate of drug-likeness (QED) is 0.750. The number of carbonyl (C=O) groups excluding carboxylic acids is 1. The molecule has 27 heavy (non-hydrogen) atoms. The molecule has 4 rings (SSSR count). The largest absolute Gasteiger partial charge is 0.490 e. The van der Waals surface area contributed by atoms with Crippen molar-refractivity contribution in [3.8, 4) is 5.75 Å². The molecule has 3 heterocycles. The fourth-order valence-electron chi connectivity index (χ4n) is 2.81. The smallest absolute Gasteiger partial charge is 0.274 e. The highest BCUT2D eigenvalue weighted by atomic mass is 32.2. The van der Waals surface area contributed by atoms with Crippen LogP contribution in [-0.2, 0) is 11.0 Å². The summed E-state index contributed by atoms with van der Waals surface area (Å²) in [5.74, 6) is 0.412. The maximum absolute atomic E-state index is 12.9. The fraction of sp³-hybridized carbons (Fsp3) is 0.158. The number of amides is 1. The van der Waals surface area contributed by atoms with Gasteiger partial charge in [0.2, 0.25) is 0 Å². The van der Waals surface area contributed by atoms with Gasteiger partial charge in [-0.15, -0.1) is 0 Å². The number of ether oxygens (including phenoxy) is 1. The van der Waals surface area contributed by atoms with E-state index in [0.29, 0.717) is 22.9 Å². The highest BCUT2D eigenvalue weighted by Gasteiger charge is 2.17. The minimum Gasteiger partial charge on any atom is -0.490 e. The number of fused-ring (bicyclic) bond motifs is 1. The molecule has 1 aliphatic rings. The molecule has 1 amide bonds. The lowest BCUT2D eigenvalue weighted by atomic mass is 10.2. The molecular formula is C19H18N4O3S. The molecule has 1 N–H and O–H groups in total. The maximum Gasteiger partial charge on any atom is 0.274 e. The van der Waals surface area contributed by atoms with Gasteiger partial charge in [0.05, 0.1) is 22.8 Å². The summed E-state index contributed by atoms with van der Waals surface area (Å²) in [5.41, 5.74) is 1.85. The van der Waals surface area contributed by atoms with E-state index in [2.05, 4.69) is 15.2 Å². The average Bonchev–Trinajstić information content (AvgIpc) is 3.16. The first-order valence-electron chi connectivity index (χ1n) is 8.42. The number of hydrogen-bond donors (Lipinski definition) is 1. The molecular weight excluding hydrogens is 364 g/mol. The van der Waals surface area contributed by atoms with Crippen LogP contribution in [0.25, 0.3) is 0 Å². The van der Waals surface area contributed by atoms with E-state index in [1.165, 1.54) is 0 Å². The standard InChI is InChI=1S/C19H18N4O3S/c1-22-10-11-26-18-12-15(5-6-17(18)22)27(25)23-9-7-14(13-23)21-19(24)16-4-2-3-8-20-16/h2-9,12-13H,10-11H2,1H3,(H,21,24). The lowest BCUT2D eigenvalue weighted by Crippen LogP contribution is -2.28. The first-order chi connectivity index (χ1) is 13.1. The Morgan fingerprint density at radius 3 is 2.96 bits per heavy atom. The van der Waals surface area contributed by atoms with Gasteiger partial charge in [0.1, 0.15) is 18.1 Å². The van der Waals surface area contributed by atoms with Gasteiger partial charge in [-0.2, -0.15) is 0 Å². The number of pyridine rings is 1. The topological polar surface area (TPSA) is 76.5 Å². The zero-order valence-electron chi connectivity index (χ0n) is 14.7. The maximum atomic E-state index is 12.9. The van der Waals surface area contributed by atoms with Crippen LogP contribution in [0.15, 0.2) is 66.0 Å². The van der Waals surface area contributed by atoms with E-state index < -0.39 is 11.0 Å². The van der Waals surface area contributed by atoms with Crippen molar-refractivity contribution in [2.75, 3.05) is 30.4 Å². The zero-order valence-corrected chi connectivity index (χ0v) is 15.5. The highest BCUT2D eigenvalue weighted by Crippen LogP contribution is 2.32. The third-order valence-electron chi connectivity index (χ3n) is 4.24. The minimum absolute atomic E-state index is 0.315. The molecule has 8 heteroatoms. The molecule has 0 saturated carbocycles. The Morgan fingerprint density at radius 2 is 2.15 bits per heavy atom. The third-order valence-corrected chi connectivity index (χ3v) is 5.51. The number of carbonyl (C=O) groups is 1. The highest BCUT2D eigenvalue weighted by molar-refractivity contribution is 7.83. The Balaban J connectivity index is 1.51. The molecule has 1 aromatic carbocycles. The summed E-state index contributed by atoms with van der Waals surface area (Å²) in [4.78, 5) is 18.9. The Labute approximate surface area is 159 Å². The van der Waals surface area contributed by atoms with E-state index in [0.717, 1.165) is 18.0 Å². The summed E-state index contributed by atoms with van der Waals surface area (Å²) in [6.07, 6.45) is 4.85. The summed E-state index contributed by atoms with van der Waals surface area (Å²) in [6.45, 7) is 1.43. The molecule has 0 radical (unpaired) electrons. The minimum atomic E-state index is -1.44. The van der Waals surface area contributed by atoms with E-state index >= 15 is 0 Å². The second-order valence-corrected chi connectivity index (χ2v) is 7.47. The van der Waals surface area contributed by atoms with Crippen LogP contribution in [0.4, 0.5) is 11.4 Å².